The van der Waals surface area contributed by atoms with Gasteiger partial charge in [-0.25, -0.2) is 13.8 Å². The van der Waals surface area contributed by atoms with Crippen molar-refractivity contribution in [1.82, 2.24) is 0 Å². The number of benzene rings is 2. The Hall–Kier alpha value is -2.45. The van der Waals surface area contributed by atoms with E-state index in [-0.39, 0.29) is 24.1 Å². The van der Waals surface area contributed by atoms with Gasteiger partial charge in [-0.05, 0) is 48.0 Å². The van der Waals surface area contributed by atoms with Gasteiger partial charge in [0.2, 0.25) is 5.90 Å². The van der Waals surface area contributed by atoms with Crippen molar-refractivity contribution in [3.05, 3.63) is 70.8 Å². The van der Waals surface area contributed by atoms with Crippen molar-refractivity contribution in [1.29, 1.82) is 0 Å². The molecule has 0 spiro atoms. The van der Waals surface area contributed by atoms with Crippen LogP contribution in [0.4, 0.5) is 8.78 Å². The minimum atomic E-state index is -1.47. The van der Waals surface area contributed by atoms with Gasteiger partial charge in [0.15, 0.2) is 0 Å². The standard InChI is InChI=1S/C23H25F2NOSi/c1-4-28(5-2,6-3)15-14-17-10-12-18(13-11-17)21-16-27-23(26-21)22-19(24)8-7-9-20(22)25/h7-13,21H,4-6,16H2,1-3H3. The summed E-state index contributed by atoms with van der Waals surface area (Å²) >= 11 is 0. The zero-order valence-corrected chi connectivity index (χ0v) is 17.6. The third-order valence-electron chi connectivity index (χ3n) is 5.63. The quantitative estimate of drug-likeness (QED) is 0.456. The lowest BCUT2D eigenvalue weighted by Gasteiger charge is -2.20. The summed E-state index contributed by atoms with van der Waals surface area (Å²) in [7, 11) is -1.47. The molecule has 0 amide bonds. The Morgan fingerprint density at radius 2 is 1.61 bits per heavy atom. The monoisotopic (exact) mass is 397 g/mol. The van der Waals surface area contributed by atoms with Gasteiger partial charge in [0.05, 0.1) is 0 Å². The second-order valence-electron chi connectivity index (χ2n) is 7.07. The molecule has 1 atom stereocenters. The summed E-state index contributed by atoms with van der Waals surface area (Å²) in [5.41, 5.74) is 5.31. The van der Waals surface area contributed by atoms with Gasteiger partial charge in [-0.15, -0.1) is 5.54 Å². The Labute approximate surface area is 166 Å². The van der Waals surface area contributed by atoms with Crippen LogP contribution in [0, 0.1) is 23.1 Å². The van der Waals surface area contributed by atoms with Crippen molar-refractivity contribution in [3.63, 3.8) is 0 Å². The number of hydrogen-bond donors (Lipinski definition) is 0. The maximum atomic E-state index is 13.9. The Morgan fingerprint density at radius 1 is 1.00 bits per heavy atom. The lowest BCUT2D eigenvalue weighted by Crippen LogP contribution is -2.29. The highest BCUT2D eigenvalue weighted by molar-refractivity contribution is 6.87. The minimum absolute atomic E-state index is 0.0223. The lowest BCUT2D eigenvalue weighted by molar-refractivity contribution is 0.317. The molecule has 28 heavy (non-hydrogen) atoms. The Morgan fingerprint density at radius 3 is 2.18 bits per heavy atom. The van der Waals surface area contributed by atoms with Crippen molar-refractivity contribution >= 4 is 14.0 Å². The average molecular weight is 398 g/mol. The number of nitrogens with zero attached hydrogens (tertiary/aromatic N) is 1. The molecule has 2 nitrogen and oxygen atoms in total. The molecular formula is C23H25F2NOSi. The first-order chi connectivity index (χ1) is 13.5. The lowest BCUT2D eigenvalue weighted by atomic mass is 10.1. The van der Waals surface area contributed by atoms with E-state index in [0.29, 0.717) is 0 Å². The van der Waals surface area contributed by atoms with Crippen molar-refractivity contribution in [3.8, 4) is 11.5 Å². The van der Waals surface area contributed by atoms with Gasteiger partial charge in [-0.3, -0.25) is 0 Å². The Balaban J connectivity index is 1.79. The van der Waals surface area contributed by atoms with E-state index in [0.717, 1.165) is 11.1 Å². The average Bonchev–Trinajstić information content (AvgIpc) is 3.19. The zero-order valence-electron chi connectivity index (χ0n) is 16.6. The van der Waals surface area contributed by atoms with Gasteiger partial charge in [0.25, 0.3) is 0 Å². The van der Waals surface area contributed by atoms with Crippen LogP contribution < -0.4 is 0 Å². The molecule has 3 rings (SSSR count). The molecule has 1 unspecified atom stereocenters. The van der Waals surface area contributed by atoms with Crippen molar-refractivity contribution in [2.45, 2.75) is 44.9 Å². The molecule has 0 N–H and O–H groups in total. The number of hydrogen-bond acceptors (Lipinski definition) is 2. The first-order valence-electron chi connectivity index (χ1n) is 9.80. The molecule has 146 valence electrons. The molecule has 0 aliphatic carbocycles. The van der Waals surface area contributed by atoms with E-state index in [1.54, 1.807) is 0 Å². The second kappa shape index (κ2) is 8.70. The Kier molecular flexibility index (Phi) is 6.30. The highest BCUT2D eigenvalue weighted by atomic mass is 28.3. The van der Waals surface area contributed by atoms with Crippen LogP contribution in [0.25, 0.3) is 0 Å². The predicted molar refractivity (Wildman–Crippen MR) is 112 cm³/mol. The van der Waals surface area contributed by atoms with Crippen LogP contribution in [0.15, 0.2) is 47.5 Å². The third kappa shape index (κ3) is 4.17. The fourth-order valence-electron chi connectivity index (χ4n) is 3.39. The summed E-state index contributed by atoms with van der Waals surface area (Å²) in [5, 5.41) is 0. The molecule has 1 aliphatic heterocycles. The molecule has 0 fully saturated rings. The molecule has 0 saturated heterocycles. The fraction of sp³-hybridized carbons (Fsp3) is 0.348. The minimum Gasteiger partial charge on any atom is -0.475 e. The van der Waals surface area contributed by atoms with Gasteiger partial charge in [-0.1, -0.05) is 44.9 Å². The zero-order chi connectivity index (χ0) is 20.1. The normalized spacial score (nSPS) is 16.2. The molecule has 1 heterocycles. The summed E-state index contributed by atoms with van der Waals surface area (Å²) in [5.74, 6) is 2.04. The SMILES string of the molecule is CC[Si](C#Cc1ccc(C2COC(c3c(F)cccc3F)=N2)cc1)(CC)CC. The van der Waals surface area contributed by atoms with Gasteiger partial charge < -0.3 is 4.74 Å². The van der Waals surface area contributed by atoms with Gasteiger partial charge in [-0.2, -0.15) is 0 Å². The van der Waals surface area contributed by atoms with Crippen LogP contribution >= 0.6 is 0 Å². The molecule has 1 aliphatic rings. The maximum absolute atomic E-state index is 13.9. The molecule has 0 aromatic heterocycles. The largest absolute Gasteiger partial charge is 0.475 e. The van der Waals surface area contributed by atoms with Gasteiger partial charge in [0.1, 0.15) is 37.9 Å². The molecule has 0 bridgehead atoms. The fourth-order valence-corrected chi connectivity index (χ4v) is 5.83. The van der Waals surface area contributed by atoms with E-state index in [1.165, 1.54) is 36.3 Å². The van der Waals surface area contributed by atoms with Crippen molar-refractivity contribution in [2.75, 3.05) is 6.61 Å². The summed E-state index contributed by atoms with van der Waals surface area (Å²) in [6.07, 6.45) is 0. The molecule has 2 aromatic carbocycles. The van der Waals surface area contributed by atoms with Crippen LogP contribution in [0.1, 0.15) is 43.5 Å². The van der Waals surface area contributed by atoms with Gasteiger partial charge in [0, 0.05) is 5.56 Å². The number of rotatable bonds is 5. The van der Waals surface area contributed by atoms with Crippen LogP contribution in [0.2, 0.25) is 18.1 Å². The van der Waals surface area contributed by atoms with Crippen LogP contribution in [0.5, 0.6) is 0 Å². The summed E-state index contributed by atoms with van der Waals surface area (Å²) in [6, 6.07) is 14.9. The molecule has 2 aromatic rings. The van der Waals surface area contributed by atoms with Crippen LogP contribution in [-0.4, -0.2) is 20.6 Å². The highest BCUT2D eigenvalue weighted by Crippen LogP contribution is 2.27. The molecular weight excluding hydrogens is 372 g/mol. The molecule has 0 radical (unpaired) electrons. The van der Waals surface area contributed by atoms with E-state index in [4.69, 9.17) is 4.74 Å². The summed E-state index contributed by atoms with van der Waals surface area (Å²) < 4.78 is 33.4. The summed E-state index contributed by atoms with van der Waals surface area (Å²) in [6.45, 7) is 6.99. The Bertz CT molecular complexity index is 895. The number of ether oxygens (including phenoxy) is 1. The first kappa shape index (κ1) is 20.3. The predicted octanol–water partition coefficient (Wildman–Crippen LogP) is 5.88. The van der Waals surface area contributed by atoms with Gasteiger partial charge >= 0.3 is 0 Å². The molecule has 5 heteroatoms. The number of halogens is 2. The summed E-state index contributed by atoms with van der Waals surface area (Å²) in [4.78, 5) is 4.39. The topological polar surface area (TPSA) is 21.6 Å². The van der Waals surface area contributed by atoms with Crippen LogP contribution in [-0.2, 0) is 4.74 Å². The smallest absolute Gasteiger partial charge is 0.222 e. The van der Waals surface area contributed by atoms with Crippen molar-refractivity contribution < 1.29 is 13.5 Å². The van der Waals surface area contributed by atoms with E-state index in [1.807, 2.05) is 24.3 Å². The maximum Gasteiger partial charge on any atom is 0.222 e. The van der Waals surface area contributed by atoms with Crippen LogP contribution in [0.3, 0.4) is 0 Å². The van der Waals surface area contributed by atoms with E-state index < -0.39 is 19.7 Å². The second-order valence-corrected chi connectivity index (χ2v) is 12.0. The van der Waals surface area contributed by atoms with Crippen molar-refractivity contribution in [2.24, 2.45) is 4.99 Å². The number of aliphatic imine (C=N–C) groups is 1. The molecule has 0 saturated carbocycles. The van der Waals surface area contributed by atoms with E-state index in [9.17, 15) is 8.78 Å². The third-order valence-corrected chi connectivity index (χ3v) is 10.3. The van der Waals surface area contributed by atoms with E-state index >= 15 is 0 Å². The van der Waals surface area contributed by atoms with E-state index in [2.05, 4.69) is 37.2 Å². The highest BCUT2D eigenvalue weighted by Gasteiger charge is 2.26. The first-order valence-corrected chi connectivity index (χ1v) is 12.4.